The molecule has 0 amide bonds. The molecule has 1 heterocycles. The third-order valence-electron chi connectivity index (χ3n) is 7.36. The zero-order valence-corrected chi connectivity index (χ0v) is 21.3. The molecule has 0 spiro atoms. The van der Waals surface area contributed by atoms with Crippen molar-refractivity contribution in [3.8, 4) is 27.9 Å². The van der Waals surface area contributed by atoms with Gasteiger partial charge < -0.3 is 0 Å². The lowest BCUT2D eigenvalue weighted by atomic mass is 9.42. The van der Waals surface area contributed by atoms with Crippen molar-refractivity contribution in [3.05, 3.63) is 133 Å². The second-order valence-corrected chi connectivity index (χ2v) is 9.92. The molecular weight excluding hydrogens is 469 g/mol. The number of nitrogens with zero attached hydrogens (tertiary/aromatic N) is 2. The van der Waals surface area contributed by atoms with Crippen LogP contribution in [0.4, 0.5) is 0 Å². The van der Waals surface area contributed by atoms with Gasteiger partial charge in [0.1, 0.15) is 0 Å². The van der Waals surface area contributed by atoms with E-state index in [0.29, 0.717) is 5.82 Å². The van der Waals surface area contributed by atoms with E-state index in [1.165, 1.54) is 22.3 Å². The molecule has 7 rings (SSSR count). The van der Waals surface area contributed by atoms with E-state index in [4.69, 9.17) is 28.5 Å². The molecule has 0 N–H and O–H groups in total. The van der Waals surface area contributed by atoms with E-state index >= 15 is 0 Å². The van der Waals surface area contributed by atoms with Crippen LogP contribution in [0.5, 0.6) is 0 Å². The molecule has 176 valence electrons. The first-order chi connectivity index (χ1) is 19.0. The molecule has 0 fully saturated rings. The lowest BCUT2D eigenvalue weighted by Crippen LogP contribution is -2.31. The molecule has 0 saturated heterocycles. The number of fused-ring (bicyclic) bond motifs is 3. The number of rotatable bonds is 4. The normalized spacial score (nSPS) is 11.9. The van der Waals surface area contributed by atoms with Gasteiger partial charge in [-0.2, -0.15) is 0 Å². The number of imidazole rings is 1. The Kier molecular flexibility index (Phi) is 5.49. The highest BCUT2D eigenvalue weighted by Gasteiger charge is 2.26. The number of hydrogen-bond donors (Lipinski definition) is 0. The van der Waals surface area contributed by atoms with Crippen LogP contribution in [-0.2, 0) is 5.11 Å². The van der Waals surface area contributed by atoms with Crippen LogP contribution in [0.2, 0.25) is 0 Å². The predicted molar refractivity (Wildman–Crippen MR) is 166 cm³/mol. The fourth-order valence-corrected chi connectivity index (χ4v) is 5.75. The van der Waals surface area contributed by atoms with Gasteiger partial charge in [-0.1, -0.05) is 120 Å². The van der Waals surface area contributed by atoms with Crippen molar-refractivity contribution in [1.82, 2.24) is 9.55 Å². The van der Waals surface area contributed by atoms with Crippen LogP contribution < -0.4 is 0 Å². The predicted octanol–water partition coefficient (Wildman–Crippen LogP) is 7.28. The molecule has 0 saturated carbocycles. The van der Waals surface area contributed by atoms with Gasteiger partial charge >= 0.3 is 0 Å². The van der Waals surface area contributed by atoms with Crippen LogP contribution in [-0.4, -0.2) is 33.1 Å². The zero-order chi connectivity index (χ0) is 26.6. The lowest BCUT2D eigenvalue weighted by molar-refractivity contribution is 0.939. The SMILES string of the molecule is [B]C([B])([B])c1nc2ccccc2n1-c1c2ccccc2c(-c2ccccc2-c2ccccc2)c2ccccc12. The van der Waals surface area contributed by atoms with E-state index in [1.807, 2.05) is 34.9 Å². The average Bonchev–Trinajstić information content (AvgIpc) is 3.36. The van der Waals surface area contributed by atoms with Crippen molar-refractivity contribution in [1.29, 1.82) is 0 Å². The van der Waals surface area contributed by atoms with Crippen LogP contribution in [0.15, 0.2) is 127 Å². The Bertz CT molecular complexity index is 1950. The summed E-state index contributed by atoms with van der Waals surface area (Å²) in [6.45, 7) is 0. The molecule has 1 aromatic heterocycles. The number of aromatic nitrogens is 2. The molecule has 2 nitrogen and oxygen atoms in total. The van der Waals surface area contributed by atoms with Crippen LogP contribution in [0.3, 0.4) is 0 Å². The summed E-state index contributed by atoms with van der Waals surface area (Å²) in [7, 11) is 19.0. The minimum atomic E-state index is -1.64. The van der Waals surface area contributed by atoms with Gasteiger partial charge in [0.15, 0.2) is 0 Å². The Morgan fingerprint density at radius 3 is 1.67 bits per heavy atom. The van der Waals surface area contributed by atoms with E-state index in [1.54, 1.807) is 0 Å². The molecule has 0 aliphatic carbocycles. The van der Waals surface area contributed by atoms with Crippen molar-refractivity contribution >= 4 is 56.1 Å². The van der Waals surface area contributed by atoms with Gasteiger partial charge in [-0.15, -0.1) is 0 Å². The monoisotopic (exact) mass is 490 g/mol. The van der Waals surface area contributed by atoms with Gasteiger partial charge in [-0.3, -0.25) is 4.57 Å². The Morgan fingerprint density at radius 1 is 0.513 bits per heavy atom. The van der Waals surface area contributed by atoms with Crippen LogP contribution >= 0.6 is 0 Å². The third kappa shape index (κ3) is 3.80. The minimum absolute atomic E-state index is 0.399. The Morgan fingerprint density at radius 2 is 1.03 bits per heavy atom. The smallest absolute Gasteiger partial charge is 0.0951 e. The van der Waals surface area contributed by atoms with Crippen molar-refractivity contribution in [3.63, 3.8) is 0 Å². The summed E-state index contributed by atoms with van der Waals surface area (Å²) >= 11 is 0. The Labute approximate surface area is 231 Å². The molecule has 0 unspecified atom stereocenters. The van der Waals surface area contributed by atoms with Gasteiger partial charge in [0.2, 0.25) is 0 Å². The Hall–Kier alpha value is -4.50. The minimum Gasteiger partial charge on any atom is -0.296 e. The molecule has 0 aliphatic rings. The molecule has 0 aliphatic heterocycles. The van der Waals surface area contributed by atoms with Crippen molar-refractivity contribution < 1.29 is 0 Å². The number of benzene rings is 6. The number of para-hydroxylation sites is 2. The summed E-state index contributed by atoms with van der Waals surface area (Å²) in [4.78, 5) is 4.80. The molecule has 5 heteroatoms. The van der Waals surface area contributed by atoms with E-state index in [0.717, 1.165) is 38.3 Å². The quantitative estimate of drug-likeness (QED) is 0.187. The first kappa shape index (κ1) is 23.6. The van der Waals surface area contributed by atoms with Crippen molar-refractivity contribution in [2.75, 3.05) is 0 Å². The molecule has 39 heavy (non-hydrogen) atoms. The van der Waals surface area contributed by atoms with Gasteiger partial charge in [-0.25, -0.2) is 4.98 Å². The second-order valence-electron chi connectivity index (χ2n) is 9.92. The highest BCUT2D eigenvalue weighted by molar-refractivity contribution is 6.58. The fourth-order valence-electron chi connectivity index (χ4n) is 5.75. The second kappa shape index (κ2) is 9.06. The van der Waals surface area contributed by atoms with Crippen LogP contribution in [0.25, 0.3) is 60.5 Å². The molecular formula is C34H21B3N2. The van der Waals surface area contributed by atoms with E-state index in [9.17, 15) is 0 Å². The largest absolute Gasteiger partial charge is 0.296 e. The molecule has 7 aromatic rings. The maximum Gasteiger partial charge on any atom is 0.0951 e. The summed E-state index contributed by atoms with van der Waals surface area (Å²) in [5, 5.41) is 2.72. The van der Waals surface area contributed by atoms with Crippen molar-refractivity contribution in [2.24, 2.45) is 0 Å². The first-order valence-corrected chi connectivity index (χ1v) is 13.0. The average molecular weight is 490 g/mol. The summed E-state index contributed by atoms with van der Waals surface area (Å²) < 4.78 is 2.03. The molecule has 6 aromatic carbocycles. The summed E-state index contributed by atoms with van der Waals surface area (Å²) in [6.07, 6.45) is 0. The zero-order valence-electron chi connectivity index (χ0n) is 21.3. The fraction of sp³-hybridized carbons (Fsp3) is 0.0294. The first-order valence-electron chi connectivity index (χ1n) is 13.0. The van der Waals surface area contributed by atoms with Gasteiger partial charge in [0.05, 0.1) is 46.1 Å². The van der Waals surface area contributed by atoms with Crippen LogP contribution in [0, 0.1) is 0 Å². The summed E-state index contributed by atoms with van der Waals surface area (Å²) in [5.41, 5.74) is 7.33. The van der Waals surface area contributed by atoms with Crippen LogP contribution in [0.1, 0.15) is 5.82 Å². The number of hydrogen-bond acceptors (Lipinski definition) is 1. The van der Waals surface area contributed by atoms with Gasteiger partial charge in [-0.05, 0) is 45.2 Å². The molecule has 0 bridgehead atoms. The maximum atomic E-state index is 6.32. The van der Waals surface area contributed by atoms with Gasteiger partial charge in [0.25, 0.3) is 0 Å². The summed E-state index contributed by atoms with van der Waals surface area (Å²) in [6, 6.07) is 44.0. The topological polar surface area (TPSA) is 17.8 Å². The highest BCUT2D eigenvalue weighted by Crippen LogP contribution is 2.45. The lowest BCUT2D eigenvalue weighted by Gasteiger charge is -2.25. The maximum absolute atomic E-state index is 6.32. The van der Waals surface area contributed by atoms with E-state index < -0.39 is 5.11 Å². The highest BCUT2D eigenvalue weighted by atomic mass is 15.1. The van der Waals surface area contributed by atoms with E-state index in [2.05, 4.69) is 97.1 Å². The van der Waals surface area contributed by atoms with Gasteiger partial charge in [0, 0.05) is 10.8 Å². The third-order valence-corrected chi connectivity index (χ3v) is 7.36. The standard InChI is InChI=1S/C34H21B3N2/c35-34(36,37)33-38-29-20-10-11-21-30(29)39(33)32-27-18-8-6-16-25(27)31(26-17-7-9-19-28(26)32)24-15-5-4-14-23(24)22-12-2-1-3-13-22/h1-21H. The van der Waals surface area contributed by atoms with E-state index in [-0.39, 0.29) is 0 Å². The Balaban J connectivity index is 1.67. The molecule has 6 radical (unpaired) electrons. The molecule has 0 atom stereocenters. The van der Waals surface area contributed by atoms with Crippen molar-refractivity contribution in [2.45, 2.75) is 5.11 Å². The summed E-state index contributed by atoms with van der Waals surface area (Å²) in [5.74, 6) is 0.399.